The molecule has 0 aliphatic carbocycles. The standard InChI is InChI=1S/C19H16O5/c1-22-15-8-6-12(7-9-15)16(20)11-14-10-13-4-3-5-17(23-2)18(13)24-19(14)21/h3-10H,11H2,1-2H3. The van der Waals surface area contributed by atoms with Crippen molar-refractivity contribution in [3.05, 3.63) is 70.1 Å². The van der Waals surface area contributed by atoms with Crippen LogP contribution >= 0.6 is 0 Å². The molecule has 1 aromatic heterocycles. The summed E-state index contributed by atoms with van der Waals surface area (Å²) in [6, 6.07) is 13.8. The van der Waals surface area contributed by atoms with Crippen molar-refractivity contribution in [2.24, 2.45) is 0 Å². The van der Waals surface area contributed by atoms with Crippen molar-refractivity contribution in [2.75, 3.05) is 14.2 Å². The zero-order chi connectivity index (χ0) is 17.1. The molecular weight excluding hydrogens is 308 g/mol. The monoisotopic (exact) mass is 324 g/mol. The van der Waals surface area contributed by atoms with Crippen LogP contribution in [0.3, 0.4) is 0 Å². The molecule has 24 heavy (non-hydrogen) atoms. The number of ketones is 1. The van der Waals surface area contributed by atoms with Crippen LogP contribution in [0.25, 0.3) is 11.0 Å². The Morgan fingerprint density at radius 1 is 1.04 bits per heavy atom. The van der Waals surface area contributed by atoms with Gasteiger partial charge in [0.15, 0.2) is 17.1 Å². The molecular formula is C19H16O5. The van der Waals surface area contributed by atoms with Crippen molar-refractivity contribution in [1.29, 1.82) is 0 Å². The number of methoxy groups -OCH3 is 2. The van der Waals surface area contributed by atoms with Crippen molar-refractivity contribution in [3.8, 4) is 11.5 Å². The fourth-order valence-electron chi connectivity index (χ4n) is 2.50. The van der Waals surface area contributed by atoms with E-state index in [-0.39, 0.29) is 12.2 Å². The maximum absolute atomic E-state index is 12.4. The molecule has 3 aromatic rings. The molecule has 0 saturated heterocycles. The second kappa shape index (κ2) is 6.58. The number of rotatable bonds is 5. The third kappa shape index (κ3) is 3.01. The second-order valence-corrected chi connectivity index (χ2v) is 5.27. The van der Waals surface area contributed by atoms with E-state index in [1.807, 2.05) is 6.07 Å². The third-order valence-electron chi connectivity index (χ3n) is 3.78. The minimum Gasteiger partial charge on any atom is -0.497 e. The summed E-state index contributed by atoms with van der Waals surface area (Å²) in [5.74, 6) is 0.994. The Bertz CT molecular complexity index is 938. The van der Waals surface area contributed by atoms with Crippen LogP contribution in [0.5, 0.6) is 11.5 Å². The van der Waals surface area contributed by atoms with Crippen LogP contribution < -0.4 is 15.1 Å². The van der Waals surface area contributed by atoms with Gasteiger partial charge in [-0.05, 0) is 36.4 Å². The Morgan fingerprint density at radius 2 is 1.79 bits per heavy atom. The van der Waals surface area contributed by atoms with E-state index in [2.05, 4.69) is 0 Å². The van der Waals surface area contributed by atoms with Gasteiger partial charge in [0.2, 0.25) is 0 Å². The molecule has 0 unspecified atom stereocenters. The van der Waals surface area contributed by atoms with Gasteiger partial charge in [-0.2, -0.15) is 0 Å². The van der Waals surface area contributed by atoms with Crippen molar-refractivity contribution < 1.29 is 18.7 Å². The number of Topliss-reactive ketones (excluding diaryl/α,β-unsaturated/α-hetero) is 1. The van der Waals surface area contributed by atoms with Crippen LogP contribution in [0.2, 0.25) is 0 Å². The van der Waals surface area contributed by atoms with E-state index in [0.29, 0.717) is 33.6 Å². The lowest BCUT2D eigenvalue weighted by Gasteiger charge is -2.06. The quantitative estimate of drug-likeness (QED) is 0.532. The van der Waals surface area contributed by atoms with Crippen LogP contribution in [-0.2, 0) is 6.42 Å². The van der Waals surface area contributed by atoms with E-state index < -0.39 is 5.63 Å². The molecule has 0 aliphatic rings. The number of ether oxygens (including phenoxy) is 2. The minimum atomic E-state index is -0.533. The summed E-state index contributed by atoms with van der Waals surface area (Å²) in [5.41, 5.74) is 0.678. The zero-order valence-corrected chi connectivity index (χ0v) is 13.4. The lowest BCUT2D eigenvalue weighted by Crippen LogP contribution is -2.13. The van der Waals surface area contributed by atoms with Gasteiger partial charge in [0.05, 0.1) is 14.2 Å². The van der Waals surface area contributed by atoms with Crippen LogP contribution in [0.4, 0.5) is 0 Å². The molecule has 0 N–H and O–H groups in total. The number of fused-ring (bicyclic) bond motifs is 1. The zero-order valence-electron chi connectivity index (χ0n) is 13.4. The molecule has 0 bridgehead atoms. The average molecular weight is 324 g/mol. The van der Waals surface area contributed by atoms with Crippen LogP contribution in [-0.4, -0.2) is 20.0 Å². The highest BCUT2D eigenvalue weighted by molar-refractivity contribution is 5.98. The fourth-order valence-corrected chi connectivity index (χ4v) is 2.50. The molecule has 122 valence electrons. The predicted octanol–water partition coefficient (Wildman–Crippen LogP) is 3.24. The summed E-state index contributed by atoms with van der Waals surface area (Å²) in [5, 5.41) is 0.714. The van der Waals surface area contributed by atoms with Gasteiger partial charge in [0.25, 0.3) is 0 Å². The van der Waals surface area contributed by atoms with Gasteiger partial charge in [-0.15, -0.1) is 0 Å². The van der Waals surface area contributed by atoms with Crippen molar-refractivity contribution in [1.82, 2.24) is 0 Å². The molecule has 0 aliphatic heterocycles. The number of hydrogen-bond acceptors (Lipinski definition) is 5. The first-order valence-electron chi connectivity index (χ1n) is 7.39. The van der Waals surface area contributed by atoms with E-state index in [4.69, 9.17) is 13.9 Å². The highest BCUT2D eigenvalue weighted by atomic mass is 16.5. The molecule has 2 aromatic carbocycles. The van der Waals surface area contributed by atoms with Crippen LogP contribution in [0.15, 0.2) is 57.7 Å². The Balaban J connectivity index is 1.93. The molecule has 0 amide bonds. The fraction of sp³-hybridized carbons (Fsp3) is 0.158. The first-order chi connectivity index (χ1) is 11.6. The molecule has 5 nitrogen and oxygen atoms in total. The van der Waals surface area contributed by atoms with E-state index in [1.165, 1.54) is 7.11 Å². The van der Waals surface area contributed by atoms with Crippen molar-refractivity contribution >= 4 is 16.8 Å². The molecule has 0 atom stereocenters. The lowest BCUT2D eigenvalue weighted by molar-refractivity contribution is 0.0992. The third-order valence-corrected chi connectivity index (χ3v) is 3.78. The Kier molecular flexibility index (Phi) is 4.33. The van der Waals surface area contributed by atoms with Crippen LogP contribution in [0.1, 0.15) is 15.9 Å². The maximum atomic E-state index is 12.4. The number of para-hydroxylation sites is 1. The van der Waals surface area contributed by atoms with Gasteiger partial charge in [-0.25, -0.2) is 4.79 Å². The van der Waals surface area contributed by atoms with Gasteiger partial charge in [-0.3, -0.25) is 4.79 Å². The van der Waals surface area contributed by atoms with Gasteiger partial charge in [0, 0.05) is 22.9 Å². The highest BCUT2D eigenvalue weighted by Crippen LogP contribution is 2.24. The number of carbonyl (C=O) groups excluding carboxylic acids is 1. The summed E-state index contributed by atoms with van der Waals surface area (Å²) in [6.45, 7) is 0. The summed E-state index contributed by atoms with van der Waals surface area (Å²) in [4.78, 5) is 24.6. The molecule has 3 rings (SSSR count). The normalized spacial score (nSPS) is 10.6. The van der Waals surface area contributed by atoms with Gasteiger partial charge >= 0.3 is 5.63 Å². The summed E-state index contributed by atoms with van der Waals surface area (Å²) < 4.78 is 15.6. The predicted molar refractivity (Wildman–Crippen MR) is 90.1 cm³/mol. The topological polar surface area (TPSA) is 65.7 Å². The smallest absolute Gasteiger partial charge is 0.340 e. The van der Waals surface area contributed by atoms with E-state index >= 15 is 0 Å². The number of carbonyl (C=O) groups is 1. The summed E-state index contributed by atoms with van der Waals surface area (Å²) >= 11 is 0. The van der Waals surface area contributed by atoms with E-state index in [1.54, 1.807) is 49.6 Å². The lowest BCUT2D eigenvalue weighted by atomic mass is 10.0. The molecule has 0 spiro atoms. The first-order valence-corrected chi connectivity index (χ1v) is 7.39. The maximum Gasteiger partial charge on any atom is 0.340 e. The summed E-state index contributed by atoms with van der Waals surface area (Å²) in [7, 11) is 3.07. The first kappa shape index (κ1) is 15.8. The number of hydrogen-bond donors (Lipinski definition) is 0. The van der Waals surface area contributed by atoms with E-state index in [0.717, 1.165) is 0 Å². The molecule has 0 saturated carbocycles. The Morgan fingerprint density at radius 3 is 2.46 bits per heavy atom. The van der Waals surface area contributed by atoms with Crippen molar-refractivity contribution in [3.63, 3.8) is 0 Å². The molecule has 0 fully saturated rings. The largest absolute Gasteiger partial charge is 0.497 e. The summed E-state index contributed by atoms with van der Waals surface area (Å²) in [6.07, 6.45) is -0.0260. The second-order valence-electron chi connectivity index (χ2n) is 5.27. The van der Waals surface area contributed by atoms with Gasteiger partial charge < -0.3 is 13.9 Å². The minimum absolute atomic E-state index is 0.0260. The number of benzene rings is 2. The molecule has 0 radical (unpaired) electrons. The SMILES string of the molecule is COc1ccc(C(=O)Cc2cc3cccc(OC)c3oc2=O)cc1. The van der Waals surface area contributed by atoms with Crippen LogP contribution in [0, 0.1) is 0 Å². The average Bonchev–Trinajstić information content (AvgIpc) is 2.62. The van der Waals surface area contributed by atoms with E-state index in [9.17, 15) is 9.59 Å². The highest BCUT2D eigenvalue weighted by Gasteiger charge is 2.14. The Labute approximate surface area is 138 Å². The Hall–Kier alpha value is -3.08. The van der Waals surface area contributed by atoms with Gasteiger partial charge in [-0.1, -0.05) is 12.1 Å². The van der Waals surface area contributed by atoms with Crippen molar-refractivity contribution in [2.45, 2.75) is 6.42 Å². The van der Waals surface area contributed by atoms with Gasteiger partial charge in [0.1, 0.15) is 5.75 Å². The molecule has 5 heteroatoms. The molecule has 1 heterocycles.